The largest absolute Gasteiger partial charge is 0.403 e. The van der Waals surface area contributed by atoms with Crippen molar-refractivity contribution < 1.29 is 18.3 Å². The van der Waals surface area contributed by atoms with Crippen LogP contribution >= 0.6 is 0 Å². The summed E-state index contributed by atoms with van der Waals surface area (Å²) in [6.07, 6.45) is -4.65. The maximum atomic E-state index is 12.5. The highest BCUT2D eigenvalue weighted by Gasteiger charge is 2.38. The first-order chi connectivity index (χ1) is 7.93. The lowest BCUT2D eigenvalue weighted by molar-refractivity contribution is -0.159. The van der Waals surface area contributed by atoms with Gasteiger partial charge in [-0.05, 0) is 18.9 Å². The van der Waals surface area contributed by atoms with Crippen LogP contribution < -0.4 is 5.32 Å². The average molecular weight is 247 g/mol. The Morgan fingerprint density at radius 2 is 1.82 bits per heavy atom. The van der Waals surface area contributed by atoms with Crippen LogP contribution in [0.1, 0.15) is 17.5 Å². The SMILES string of the molecule is Cc1ccc(CNC(CCO)C(F)(F)F)cc1. The van der Waals surface area contributed by atoms with Gasteiger partial charge in [-0.2, -0.15) is 13.2 Å². The molecule has 1 aromatic carbocycles. The Morgan fingerprint density at radius 1 is 1.24 bits per heavy atom. The van der Waals surface area contributed by atoms with Gasteiger partial charge in [-0.25, -0.2) is 0 Å². The van der Waals surface area contributed by atoms with Crippen LogP contribution in [-0.4, -0.2) is 23.9 Å². The van der Waals surface area contributed by atoms with Gasteiger partial charge < -0.3 is 10.4 Å². The van der Waals surface area contributed by atoms with Crippen molar-refractivity contribution in [2.75, 3.05) is 6.61 Å². The average Bonchev–Trinajstić information content (AvgIpc) is 2.25. The maximum absolute atomic E-state index is 12.5. The Bertz CT molecular complexity index is 335. The number of aliphatic hydroxyl groups excluding tert-OH is 1. The van der Waals surface area contributed by atoms with Gasteiger partial charge in [0.1, 0.15) is 6.04 Å². The molecule has 0 aliphatic carbocycles. The number of hydrogen-bond donors (Lipinski definition) is 2. The highest BCUT2D eigenvalue weighted by Crippen LogP contribution is 2.22. The smallest absolute Gasteiger partial charge is 0.396 e. The zero-order valence-electron chi connectivity index (χ0n) is 9.59. The van der Waals surface area contributed by atoms with Crippen LogP contribution in [0.5, 0.6) is 0 Å². The van der Waals surface area contributed by atoms with Crippen LogP contribution in [0, 0.1) is 6.92 Å². The zero-order chi connectivity index (χ0) is 12.9. The van der Waals surface area contributed by atoms with Gasteiger partial charge in [0.2, 0.25) is 0 Å². The summed E-state index contributed by atoms with van der Waals surface area (Å²) in [5.41, 5.74) is 1.86. The standard InChI is InChI=1S/C12H16F3NO/c1-9-2-4-10(5-3-9)8-16-11(6-7-17)12(13,14)15/h2-5,11,16-17H,6-8H2,1H3. The summed E-state index contributed by atoms with van der Waals surface area (Å²) >= 11 is 0. The van der Waals surface area contributed by atoms with Gasteiger partial charge in [-0.3, -0.25) is 0 Å². The van der Waals surface area contributed by atoms with Crippen molar-refractivity contribution >= 4 is 0 Å². The fourth-order valence-electron chi connectivity index (χ4n) is 1.46. The van der Waals surface area contributed by atoms with Gasteiger partial charge in [0.25, 0.3) is 0 Å². The molecule has 0 heterocycles. The molecule has 0 saturated heterocycles. The van der Waals surface area contributed by atoms with Gasteiger partial charge >= 0.3 is 6.18 Å². The van der Waals surface area contributed by atoms with Gasteiger partial charge in [-0.15, -0.1) is 0 Å². The summed E-state index contributed by atoms with van der Waals surface area (Å²) in [7, 11) is 0. The van der Waals surface area contributed by atoms with E-state index in [2.05, 4.69) is 5.32 Å². The first-order valence-corrected chi connectivity index (χ1v) is 5.40. The molecule has 1 atom stereocenters. The van der Waals surface area contributed by atoms with Crippen LogP contribution in [0.3, 0.4) is 0 Å². The van der Waals surface area contributed by atoms with Crippen LogP contribution in [0.15, 0.2) is 24.3 Å². The molecule has 0 aromatic heterocycles. The van der Waals surface area contributed by atoms with Crippen molar-refractivity contribution in [3.8, 4) is 0 Å². The summed E-state index contributed by atoms with van der Waals surface area (Å²) in [6.45, 7) is 1.58. The predicted octanol–water partition coefficient (Wildman–Crippen LogP) is 2.40. The Morgan fingerprint density at radius 3 is 2.29 bits per heavy atom. The maximum Gasteiger partial charge on any atom is 0.403 e. The second kappa shape index (κ2) is 6.02. The Hall–Kier alpha value is -1.07. The number of hydrogen-bond acceptors (Lipinski definition) is 2. The highest BCUT2D eigenvalue weighted by molar-refractivity contribution is 5.21. The van der Waals surface area contributed by atoms with Gasteiger partial charge in [0.05, 0.1) is 0 Å². The molecule has 17 heavy (non-hydrogen) atoms. The van der Waals surface area contributed by atoms with Gasteiger partial charge in [0, 0.05) is 13.2 Å². The van der Waals surface area contributed by atoms with E-state index < -0.39 is 18.8 Å². The molecule has 96 valence electrons. The lowest BCUT2D eigenvalue weighted by Gasteiger charge is -2.20. The molecule has 2 nitrogen and oxygen atoms in total. The number of nitrogens with one attached hydrogen (secondary N) is 1. The molecule has 0 amide bonds. The molecule has 0 bridgehead atoms. The van der Waals surface area contributed by atoms with E-state index in [4.69, 9.17) is 5.11 Å². The number of aliphatic hydroxyl groups is 1. The van der Waals surface area contributed by atoms with Crippen LogP contribution in [0.2, 0.25) is 0 Å². The third-order valence-electron chi connectivity index (χ3n) is 2.49. The van der Waals surface area contributed by atoms with Gasteiger partial charge in [-0.1, -0.05) is 29.8 Å². The topological polar surface area (TPSA) is 32.3 Å². The van der Waals surface area contributed by atoms with E-state index in [9.17, 15) is 13.2 Å². The minimum atomic E-state index is -4.33. The molecule has 1 rings (SSSR count). The molecular formula is C12H16F3NO. The first kappa shape index (κ1) is 14.0. The Labute approximate surface area is 98.5 Å². The van der Waals surface area contributed by atoms with E-state index in [0.29, 0.717) is 0 Å². The van der Waals surface area contributed by atoms with Crippen molar-refractivity contribution in [3.05, 3.63) is 35.4 Å². The van der Waals surface area contributed by atoms with Gasteiger partial charge in [0.15, 0.2) is 0 Å². The van der Waals surface area contributed by atoms with E-state index in [1.165, 1.54) is 0 Å². The summed E-state index contributed by atoms with van der Waals surface area (Å²) < 4.78 is 37.5. The fraction of sp³-hybridized carbons (Fsp3) is 0.500. The number of halogens is 3. The second-order valence-corrected chi connectivity index (χ2v) is 3.97. The number of aryl methyl sites for hydroxylation is 1. The van der Waals surface area contributed by atoms with E-state index in [1.807, 2.05) is 19.1 Å². The molecule has 0 spiro atoms. The molecule has 1 unspecified atom stereocenters. The summed E-state index contributed by atoms with van der Waals surface area (Å²) in [4.78, 5) is 0. The molecule has 0 radical (unpaired) electrons. The van der Waals surface area contributed by atoms with Crippen molar-refractivity contribution in [2.45, 2.75) is 32.1 Å². The third-order valence-corrected chi connectivity index (χ3v) is 2.49. The van der Waals surface area contributed by atoms with Crippen LogP contribution in [0.4, 0.5) is 13.2 Å². The Balaban J connectivity index is 2.54. The number of rotatable bonds is 5. The zero-order valence-corrected chi connectivity index (χ0v) is 9.59. The minimum Gasteiger partial charge on any atom is -0.396 e. The molecule has 5 heteroatoms. The van der Waals surface area contributed by atoms with E-state index >= 15 is 0 Å². The summed E-state index contributed by atoms with van der Waals surface area (Å²) in [5, 5.41) is 11.0. The molecule has 0 fully saturated rings. The number of alkyl halides is 3. The summed E-state index contributed by atoms with van der Waals surface area (Å²) in [5.74, 6) is 0. The van der Waals surface area contributed by atoms with E-state index in [0.717, 1.165) is 11.1 Å². The molecule has 0 aliphatic heterocycles. The normalized spacial score (nSPS) is 13.7. The van der Waals surface area contributed by atoms with E-state index in [-0.39, 0.29) is 13.0 Å². The quantitative estimate of drug-likeness (QED) is 0.837. The fourth-order valence-corrected chi connectivity index (χ4v) is 1.46. The molecule has 2 N–H and O–H groups in total. The minimum absolute atomic E-state index is 0.143. The van der Waals surface area contributed by atoms with E-state index in [1.54, 1.807) is 12.1 Å². The highest BCUT2D eigenvalue weighted by atomic mass is 19.4. The molecular weight excluding hydrogens is 231 g/mol. The Kier molecular flexibility index (Phi) is 4.96. The van der Waals surface area contributed by atoms with Crippen molar-refractivity contribution in [3.63, 3.8) is 0 Å². The number of benzene rings is 1. The molecule has 0 saturated carbocycles. The van der Waals surface area contributed by atoms with Crippen molar-refractivity contribution in [2.24, 2.45) is 0 Å². The molecule has 1 aromatic rings. The van der Waals surface area contributed by atoms with Crippen molar-refractivity contribution in [1.82, 2.24) is 5.32 Å². The van der Waals surface area contributed by atoms with Crippen LogP contribution in [0.25, 0.3) is 0 Å². The van der Waals surface area contributed by atoms with Crippen LogP contribution in [-0.2, 0) is 6.54 Å². The van der Waals surface area contributed by atoms with Crippen molar-refractivity contribution in [1.29, 1.82) is 0 Å². The monoisotopic (exact) mass is 247 g/mol. The lowest BCUT2D eigenvalue weighted by Crippen LogP contribution is -2.42. The summed E-state index contributed by atoms with van der Waals surface area (Å²) in [6, 6.07) is 5.62. The predicted molar refractivity (Wildman–Crippen MR) is 59.6 cm³/mol. The molecule has 0 aliphatic rings. The lowest BCUT2D eigenvalue weighted by atomic mass is 10.1. The second-order valence-electron chi connectivity index (χ2n) is 3.97. The first-order valence-electron chi connectivity index (χ1n) is 5.40. The third kappa shape index (κ3) is 4.75.